The van der Waals surface area contributed by atoms with E-state index in [9.17, 15) is 4.21 Å². The summed E-state index contributed by atoms with van der Waals surface area (Å²) in [6.07, 6.45) is 0.583. The van der Waals surface area contributed by atoms with Gasteiger partial charge in [-0.25, -0.2) is 8.93 Å². The molecule has 2 rings (SSSR count). The van der Waals surface area contributed by atoms with Crippen LogP contribution >= 0.6 is 25.2 Å². The maximum absolute atomic E-state index is 11.8. The second-order valence-corrected chi connectivity index (χ2v) is 9.27. The Balaban J connectivity index is 0.000000425. The number of hydrogen-bond donors (Lipinski definition) is 1. The van der Waals surface area contributed by atoms with Gasteiger partial charge in [-0.1, -0.05) is 28.1 Å². The zero-order valence-electron chi connectivity index (χ0n) is 12.4. The van der Waals surface area contributed by atoms with E-state index >= 15 is 0 Å². The largest absolute Gasteiger partial charge is 0.373 e. The first-order valence-corrected chi connectivity index (χ1v) is 9.03. The van der Waals surface area contributed by atoms with E-state index < -0.39 is 11.0 Å². The number of ether oxygens (including phenoxy) is 1. The third-order valence-corrected chi connectivity index (χ3v) is 5.14. The van der Waals surface area contributed by atoms with Crippen LogP contribution < -0.4 is 10.0 Å². The van der Waals surface area contributed by atoms with E-state index in [-0.39, 0.29) is 4.75 Å². The van der Waals surface area contributed by atoms with Crippen LogP contribution in [-0.2, 0) is 22.3 Å². The van der Waals surface area contributed by atoms with Crippen molar-refractivity contribution in [2.75, 3.05) is 6.61 Å². The first-order valence-electron chi connectivity index (χ1n) is 6.51. The Morgan fingerprint density at radius 2 is 2.05 bits per heavy atom. The molecule has 1 aromatic carbocycles. The molecule has 3 atom stereocenters. The Labute approximate surface area is 135 Å². The summed E-state index contributed by atoms with van der Waals surface area (Å²) in [5, 5.41) is 1.13. The van der Waals surface area contributed by atoms with Crippen LogP contribution in [0.5, 0.6) is 0 Å². The zero-order valence-corrected chi connectivity index (χ0v) is 16.0. The highest BCUT2D eigenvalue weighted by atomic mass is 79.9. The van der Waals surface area contributed by atoms with E-state index in [1.807, 2.05) is 39.0 Å². The van der Waals surface area contributed by atoms with Crippen LogP contribution in [0.1, 0.15) is 33.3 Å². The fraction of sp³-hybridized carbons (Fsp3) is 0.571. The number of hydrogen-bond acceptors (Lipinski definition) is 2. The fourth-order valence-corrected chi connectivity index (χ4v) is 2.93. The van der Waals surface area contributed by atoms with Gasteiger partial charge in [-0.05, 0) is 44.6 Å². The topological polar surface area (TPSA) is 41.6 Å². The Morgan fingerprint density at radius 3 is 2.45 bits per heavy atom. The molecule has 6 heteroatoms. The fourth-order valence-electron chi connectivity index (χ4n) is 1.16. The molecule has 1 fully saturated rings. The van der Waals surface area contributed by atoms with Crippen molar-refractivity contribution in [1.82, 2.24) is 4.72 Å². The molecule has 0 aliphatic carbocycles. The van der Waals surface area contributed by atoms with Crippen molar-refractivity contribution < 1.29 is 8.95 Å². The van der Waals surface area contributed by atoms with E-state index in [1.165, 1.54) is 0 Å². The average Bonchev–Trinajstić information content (AvgIpc) is 3.09. The van der Waals surface area contributed by atoms with Crippen molar-refractivity contribution in [2.24, 2.45) is 0 Å². The normalized spacial score (nSPS) is 19.0. The van der Waals surface area contributed by atoms with E-state index in [0.29, 0.717) is 12.6 Å². The van der Waals surface area contributed by atoms with Gasteiger partial charge in [-0.15, -0.1) is 9.24 Å². The third-order valence-electron chi connectivity index (χ3n) is 2.53. The van der Waals surface area contributed by atoms with Crippen molar-refractivity contribution in [2.45, 2.75) is 45.1 Å². The number of epoxide rings is 1. The molecule has 20 heavy (non-hydrogen) atoms. The molecule has 0 spiro atoms. The smallest absolute Gasteiger partial charge is 0.0973 e. The molecule has 0 amide bonds. The first-order chi connectivity index (χ1) is 9.20. The molecule has 0 bridgehead atoms. The Hall–Kier alpha value is 0.200. The van der Waals surface area contributed by atoms with Crippen LogP contribution in [0.3, 0.4) is 0 Å². The monoisotopic (exact) mass is 379 g/mol. The number of nitrogens with one attached hydrogen (secondary N) is 1. The Morgan fingerprint density at radius 1 is 1.50 bits per heavy atom. The summed E-state index contributed by atoms with van der Waals surface area (Å²) < 4.78 is 20.4. The second kappa shape index (κ2) is 8.00. The highest BCUT2D eigenvalue weighted by Gasteiger charge is 2.19. The highest BCUT2D eigenvalue weighted by Crippen LogP contribution is 2.17. The van der Waals surface area contributed by atoms with Crippen molar-refractivity contribution in [3.05, 3.63) is 28.2 Å². The summed E-state index contributed by atoms with van der Waals surface area (Å²) in [6.45, 7) is 9.51. The summed E-state index contributed by atoms with van der Waals surface area (Å²) in [6, 6.07) is 6.08. The predicted molar refractivity (Wildman–Crippen MR) is 93.6 cm³/mol. The van der Waals surface area contributed by atoms with Crippen molar-refractivity contribution in [3.63, 3.8) is 0 Å². The van der Waals surface area contributed by atoms with Crippen LogP contribution in [0.25, 0.3) is 0 Å². The molecule has 1 heterocycles. The van der Waals surface area contributed by atoms with Crippen LogP contribution in [0, 0.1) is 0 Å². The predicted octanol–water partition coefficient (Wildman–Crippen LogP) is 2.91. The van der Waals surface area contributed by atoms with Crippen LogP contribution in [-0.4, -0.2) is 21.7 Å². The molecular weight excluding hydrogens is 357 g/mol. The van der Waals surface area contributed by atoms with Gasteiger partial charge in [0.05, 0.1) is 28.4 Å². The van der Waals surface area contributed by atoms with Crippen molar-refractivity contribution >= 4 is 41.5 Å². The molecule has 114 valence electrons. The number of halogens is 1. The minimum absolute atomic E-state index is 0.229. The summed E-state index contributed by atoms with van der Waals surface area (Å²) in [4.78, 5) is 0. The summed E-state index contributed by atoms with van der Waals surface area (Å²) in [5.74, 6) is 0. The zero-order chi connectivity index (χ0) is 15.3. The van der Waals surface area contributed by atoms with Crippen molar-refractivity contribution in [1.29, 1.82) is 0 Å². The molecule has 3 nitrogen and oxygen atoms in total. The van der Waals surface area contributed by atoms with Crippen LogP contribution in [0.2, 0.25) is 0 Å². The van der Waals surface area contributed by atoms with Gasteiger partial charge in [-0.3, -0.25) is 0 Å². The quantitative estimate of drug-likeness (QED) is 0.647. The summed E-state index contributed by atoms with van der Waals surface area (Å²) in [7, 11) is 1.62. The number of rotatable bonds is 3. The maximum Gasteiger partial charge on any atom is 0.0973 e. The van der Waals surface area contributed by atoms with Crippen LogP contribution in [0.15, 0.2) is 22.7 Å². The molecule has 1 saturated heterocycles. The van der Waals surface area contributed by atoms with E-state index in [2.05, 4.69) is 36.8 Å². The van der Waals surface area contributed by atoms with Crippen molar-refractivity contribution in [3.8, 4) is 0 Å². The molecule has 1 aliphatic heterocycles. The standard InChI is InChI=1S/C11H17BrNOPS.C3H6O/c1-11(2,3)16(14)13-7-8-4-5-9(15)6-10(8)12;1-3-2-4-3/h4-6,13H,7,15H2,1-3H3;3H,2H2,1H3. The molecule has 1 aliphatic rings. The van der Waals surface area contributed by atoms with E-state index in [0.717, 1.165) is 21.9 Å². The minimum Gasteiger partial charge on any atom is -0.373 e. The molecular formula is C14H23BrNO2PS. The lowest BCUT2D eigenvalue weighted by molar-refractivity contribution is 0.423. The van der Waals surface area contributed by atoms with Gasteiger partial charge in [0.2, 0.25) is 0 Å². The van der Waals surface area contributed by atoms with E-state index in [4.69, 9.17) is 4.74 Å². The van der Waals surface area contributed by atoms with Gasteiger partial charge < -0.3 is 4.74 Å². The SMILES string of the molecule is CC(C)(C)S(=O)NCc1ccc(P)cc1Br.CC1CO1. The minimum atomic E-state index is -1.03. The third kappa shape index (κ3) is 7.28. The molecule has 3 unspecified atom stereocenters. The average molecular weight is 380 g/mol. The van der Waals surface area contributed by atoms with Gasteiger partial charge in [0, 0.05) is 11.0 Å². The molecule has 0 radical (unpaired) electrons. The van der Waals surface area contributed by atoms with Gasteiger partial charge in [0.25, 0.3) is 0 Å². The highest BCUT2D eigenvalue weighted by molar-refractivity contribution is 9.10. The summed E-state index contributed by atoms with van der Waals surface area (Å²) in [5.41, 5.74) is 1.11. The second-order valence-electron chi connectivity index (χ2n) is 5.70. The number of benzene rings is 1. The summed E-state index contributed by atoms with van der Waals surface area (Å²) >= 11 is 3.50. The molecule has 1 N–H and O–H groups in total. The van der Waals surface area contributed by atoms with E-state index in [1.54, 1.807) is 0 Å². The van der Waals surface area contributed by atoms with Gasteiger partial charge >= 0.3 is 0 Å². The Bertz CT molecular complexity index is 473. The molecule has 0 saturated carbocycles. The first kappa shape index (κ1) is 18.2. The van der Waals surface area contributed by atoms with Gasteiger partial charge in [0.1, 0.15) is 0 Å². The Kier molecular flexibility index (Phi) is 7.30. The maximum atomic E-state index is 11.8. The lowest BCUT2D eigenvalue weighted by atomic mass is 10.2. The van der Waals surface area contributed by atoms with Gasteiger partial charge in [-0.2, -0.15) is 0 Å². The van der Waals surface area contributed by atoms with Gasteiger partial charge in [0.15, 0.2) is 0 Å². The molecule has 1 aromatic rings. The van der Waals surface area contributed by atoms with Crippen LogP contribution in [0.4, 0.5) is 0 Å². The molecule has 0 aromatic heterocycles. The lowest BCUT2D eigenvalue weighted by Gasteiger charge is -2.18. The lowest BCUT2D eigenvalue weighted by Crippen LogP contribution is -2.32.